The minimum absolute atomic E-state index is 0.0299. The molecule has 0 bridgehead atoms. The third kappa shape index (κ3) is 2.82. The summed E-state index contributed by atoms with van der Waals surface area (Å²) in [7, 11) is 0. The molecule has 3 heteroatoms. The molecule has 0 spiro atoms. The van der Waals surface area contributed by atoms with Crippen LogP contribution >= 0.6 is 11.6 Å². The summed E-state index contributed by atoms with van der Waals surface area (Å²) < 4.78 is 5.36. The highest BCUT2D eigenvalue weighted by atomic mass is 35.5. The highest BCUT2D eigenvalue weighted by Crippen LogP contribution is 2.24. The van der Waals surface area contributed by atoms with Gasteiger partial charge in [-0.3, -0.25) is 4.79 Å². The van der Waals surface area contributed by atoms with E-state index >= 15 is 0 Å². The van der Waals surface area contributed by atoms with Crippen LogP contribution in [0.15, 0.2) is 24.3 Å². The lowest BCUT2D eigenvalue weighted by molar-refractivity contribution is 0.0446. The van der Waals surface area contributed by atoms with Gasteiger partial charge in [0.1, 0.15) is 0 Å². The lowest BCUT2D eigenvalue weighted by atomic mass is 10.1. The van der Waals surface area contributed by atoms with Crippen LogP contribution < -0.4 is 0 Å². The van der Waals surface area contributed by atoms with Crippen molar-refractivity contribution in [1.82, 2.24) is 0 Å². The fraction of sp³-hybridized carbons (Fsp3) is 0.364. The second-order valence-electron chi connectivity index (χ2n) is 3.20. The van der Waals surface area contributed by atoms with Gasteiger partial charge in [-0.1, -0.05) is 29.8 Å². The van der Waals surface area contributed by atoms with Crippen LogP contribution in [0.2, 0.25) is 5.02 Å². The number of ether oxygens (including phenoxy) is 1. The highest BCUT2D eigenvalue weighted by molar-refractivity contribution is 6.31. The Hall–Kier alpha value is -0.860. The molecule has 1 atom stereocenters. The Morgan fingerprint density at radius 3 is 2.50 bits per heavy atom. The minimum atomic E-state index is -0.691. The molecule has 0 saturated heterocycles. The first kappa shape index (κ1) is 11.2. The first-order chi connectivity index (χ1) is 6.65. The Labute approximate surface area is 88.8 Å². The van der Waals surface area contributed by atoms with Crippen molar-refractivity contribution in [2.45, 2.75) is 26.1 Å². The third-order valence-electron chi connectivity index (χ3n) is 1.70. The largest absolute Gasteiger partial charge is 0.362 e. The number of hydrogen-bond donors (Lipinski definition) is 0. The second kappa shape index (κ2) is 5.13. The maximum atomic E-state index is 10.7. The first-order valence-electron chi connectivity index (χ1n) is 4.42. The van der Waals surface area contributed by atoms with Gasteiger partial charge in [0.05, 0.1) is 6.10 Å². The summed E-state index contributed by atoms with van der Waals surface area (Å²) in [5, 5.41) is 0.529. The SMILES string of the molecule is CC(C)O[C@H]([C]=O)c1ccccc1Cl. The average Bonchev–Trinajstić information content (AvgIpc) is 2.15. The molecule has 0 fully saturated rings. The Kier molecular flexibility index (Phi) is 4.11. The zero-order valence-corrected chi connectivity index (χ0v) is 8.91. The van der Waals surface area contributed by atoms with Crippen molar-refractivity contribution in [3.05, 3.63) is 34.9 Å². The monoisotopic (exact) mass is 211 g/mol. The van der Waals surface area contributed by atoms with E-state index in [0.29, 0.717) is 10.6 Å². The summed E-state index contributed by atoms with van der Waals surface area (Å²) in [6.45, 7) is 3.72. The molecule has 0 amide bonds. The van der Waals surface area contributed by atoms with E-state index in [-0.39, 0.29) is 6.10 Å². The van der Waals surface area contributed by atoms with Gasteiger partial charge in [0.2, 0.25) is 6.29 Å². The molecule has 1 aromatic rings. The van der Waals surface area contributed by atoms with Crippen molar-refractivity contribution in [3.63, 3.8) is 0 Å². The van der Waals surface area contributed by atoms with Gasteiger partial charge >= 0.3 is 0 Å². The first-order valence-corrected chi connectivity index (χ1v) is 4.80. The lowest BCUT2D eigenvalue weighted by Gasteiger charge is -2.15. The fourth-order valence-electron chi connectivity index (χ4n) is 1.12. The molecule has 0 aliphatic heterocycles. The standard InChI is InChI=1S/C11H12ClO2/c1-8(2)14-11(7-13)9-5-3-4-6-10(9)12/h3-6,8,11H,1-2H3/t11-/m1/s1. The second-order valence-corrected chi connectivity index (χ2v) is 3.61. The summed E-state index contributed by atoms with van der Waals surface area (Å²) in [5.41, 5.74) is 0.665. The molecule has 1 aromatic carbocycles. The minimum Gasteiger partial charge on any atom is -0.362 e. The number of carbonyl (C=O) groups excluding carboxylic acids is 1. The van der Waals surface area contributed by atoms with Gasteiger partial charge in [-0.2, -0.15) is 0 Å². The Bertz CT molecular complexity index is 310. The fourth-order valence-corrected chi connectivity index (χ4v) is 1.36. The van der Waals surface area contributed by atoms with Crippen molar-refractivity contribution in [2.75, 3.05) is 0 Å². The molecule has 0 aliphatic carbocycles. The van der Waals surface area contributed by atoms with Crippen molar-refractivity contribution in [3.8, 4) is 0 Å². The molecule has 0 aliphatic rings. The van der Waals surface area contributed by atoms with Crippen molar-refractivity contribution >= 4 is 17.9 Å². The maximum Gasteiger partial charge on any atom is 0.234 e. The van der Waals surface area contributed by atoms with Crippen molar-refractivity contribution in [2.24, 2.45) is 0 Å². The normalized spacial score (nSPS) is 12.9. The van der Waals surface area contributed by atoms with E-state index in [1.807, 2.05) is 32.3 Å². The number of rotatable bonds is 4. The highest BCUT2D eigenvalue weighted by Gasteiger charge is 2.16. The van der Waals surface area contributed by atoms with Gasteiger partial charge in [0.25, 0.3) is 0 Å². The average molecular weight is 212 g/mol. The van der Waals surface area contributed by atoms with Crippen LogP contribution in [-0.2, 0) is 9.53 Å². The van der Waals surface area contributed by atoms with Gasteiger partial charge in [-0.05, 0) is 19.9 Å². The number of benzene rings is 1. The van der Waals surface area contributed by atoms with Crippen molar-refractivity contribution in [1.29, 1.82) is 0 Å². The van der Waals surface area contributed by atoms with Crippen LogP contribution in [0.5, 0.6) is 0 Å². The smallest absolute Gasteiger partial charge is 0.234 e. The maximum absolute atomic E-state index is 10.7. The van der Waals surface area contributed by atoms with Crippen LogP contribution in [0.4, 0.5) is 0 Å². The van der Waals surface area contributed by atoms with Gasteiger partial charge < -0.3 is 4.74 Å². The summed E-state index contributed by atoms with van der Waals surface area (Å²) >= 11 is 5.92. The zero-order valence-electron chi connectivity index (χ0n) is 8.16. The van der Waals surface area contributed by atoms with E-state index < -0.39 is 6.10 Å². The van der Waals surface area contributed by atoms with Crippen LogP contribution in [0.1, 0.15) is 25.5 Å². The molecular formula is C11H12ClO2. The van der Waals surface area contributed by atoms with E-state index in [1.54, 1.807) is 12.1 Å². The molecule has 14 heavy (non-hydrogen) atoms. The summed E-state index contributed by atoms with van der Waals surface area (Å²) in [5.74, 6) is 0. The quantitative estimate of drug-likeness (QED) is 0.766. The Balaban J connectivity index is 2.89. The van der Waals surface area contributed by atoms with Gasteiger partial charge in [0.15, 0.2) is 6.10 Å². The topological polar surface area (TPSA) is 26.3 Å². The Morgan fingerprint density at radius 2 is 2.00 bits per heavy atom. The summed E-state index contributed by atoms with van der Waals surface area (Å²) in [6, 6.07) is 7.11. The lowest BCUT2D eigenvalue weighted by Crippen LogP contribution is -2.11. The van der Waals surface area contributed by atoms with E-state index in [4.69, 9.17) is 16.3 Å². The van der Waals surface area contributed by atoms with Gasteiger partial charge in [-0.25, -0.2) is 0 Å². The predicted octanol–water partition coefficient (Wildman–Crippen LogP) is 2.92. The number of halogens is 1. The molecule has 1 radical (unpaired) electrons. The molecule has 0 unspecified atom stereocenters. The molecular weight excluding hydrogens is 200 g/mol. The van der Waals surface area contributed by atoms with Gasteiger partial charge in [-0.15, -0.1) is 0 Å². The van der Waals surface area contributed by atoms with Crippen LogP contribution in [0.25, 0.3) is 0 Å². The molecule has 0 N–H and O–H groups in total. The summed E-state index contributed by atoms with van der Waals surface area (Å²) in [6.07, 6.45) is 1.11. The molecule has 1 rings (SSSR count). The van der Waals surface area contributed by atoms with E-state index in [1.165, 1.54) is 0 Å². The van der Waals surface area contributed by atoms with E-state index in [9.17, 15) is 4.79 Å². The van der Waals surface area contributed by atoms with Crippen molar-refractivity contribution < 1.29 is 9.53 Å². The van der Waals surface area contributed by atoms with Crippen LogP contribution in [-0.4, -0.2) is 12.4 Å². The molecule has 0 heterocycles. The van der Waals surface area contributed by atoms with E-state index in [0.717, 1.165) is 0 Å². The molecule has 0 saturated carbocycles. The van der Waals surface area contributed by atoms with Crippen LogP contribution in [0, 0.1) is 0 Å². The molecule has 2 nitrogen and oxygen atoms in total. The molecule has 75 valence electrons. The predicted molar refractivity (Wildman–Crippen MR) is 56.1 cm³/mol. The number of hydrogen-bond acceptors (Lipinski definition) is 2. The van der Waals surface area contributed by atoms with E-state index in [2.05, 4.69) is 0 Å². The Morgan fingerprint density at radius 1 is 1.36 bits per heavy atom. The molecule has 0 aromatic heterocycles. The van der Waals surface area contributed by atoms with Crippen LogP contribution in [0.3, 0.4) is 0 Å². The zero-order chi connectivity index (χ0) is 10.6. The van der Waals surface area contributed by atoms with Gasteiger partial charge in [0, 0.05) is 10.6 Å². The summed E-state index contributed by atoms with van der Waals surface area (Å²) in [4.78, 5) is 10.7. The third-order valence-corrected chi connectivity index (χ3v) is 2.05.